The van der Waals surface area contributed by atoms with Gasteiger partial charge in [0.25, 0.3) is 0 Å². The van der Waals surface area contributed by atoms with E-state index in [1.54, 1.807) is 0 Å². The van der Waals surface area contributed by atoms with Crippen molar-refractivity contribution in [2.75, 3.05) is 0 Å². The smallest absolute Gasteiger partial charge is 0.0473 e. The number of rotatable bonds is 7. The molecule has 0 unspecified atom stereocenters. The fourth-order valence-corrected chi connectivity index (χ4v) is 5.07. The van der Waals surface area contributed by atoms with E-state index in [0.717, 1.165) is 19.6 Å². The molecule has 0 N–H and O–H groups in total. The Balaban J connectivity index is 1.52. The molecule has 0 aliphatic heterocycles. The van der Waals surface area contributed by atoms with E-state index in [-0.39, 0.29) is 5.41 Å². The van der Waals surface area contributed by atoms with E-state index in [2.05, 4.69) is 104 Å². The third-order valence-electron chi connectivity index (χ3n) is 7.02. The summed E-state index contributed by atoms with van der Waals surface area (Å²) < 4.78 is 2.44. The number of hydrogen-bond donors (Lipinski definition) is 0. The summed E-state index contributed by atoms with van der Waals surface area (Å²) in [6.45, 7) is 12.0. The maximum absolute atomic E-state index is 2.74. The molecule has 32 heavy (non-hydrogen) atoms. The van der Waals surface area contributed by atoms with Gasteiger partial charge in [0.15, 0.2) is 0 Å². The molecule has 2 nitrogen and oxygen atoms in total. The lowest BCUT2D eigenvalue weighted by atomic mass is 9.86. The Labute approximate surface area is 195 Å². The van der Waals surface area contributed by atoms with E-state index in [1.165, 1.54) is 60.1 Å². The third kappa shape index (κ3) is 5.92. The zero-order chi connectivity index (χ0) is 22.6. The second-order valence-electron chi connectivity index (χ2n) is 10.8. The highest BCUT2D eigenvalue weighted by atomic mass is 15.2. The Morgan fingerprint density at radius 1 is 0.844 bits per heavy atom. The molecular formula is C30H40N2. The maximum atomic E-state index is 2.74. The largest absolute Gasteiger partial charge is 0.346 e. The van der Waals surface area contributed by atoms with Crippen LogP contribution >= 0.6 is 0 Å². The summed E-state index contributed by atoms with van der Waals surface area (Å²) in [5.41, 5.74) is 7.18. The van der Waals surface area contributed by atoms with Crippen molar-refractivity contribution in [3.05, 3.63) is 94.8 Å². The molecule has 0 saturated heterocycles. The standard InChI is InChI=1S/C30H40N2/c1-24-10-8-11-26(20-24)22-31-19-9-14-29(31)23-32(28-12-6-5-7-13-28)21-25-15-17-27(18-16-25)30(2,3)4/h8-11,14-20,28H,5-7,12-13,21-23H2,1-4H3. The summed E-state index contributed by atoms with van der Waals surface area (Å²) >= 11 is 0. The molecule has 2 aromatic carbocycles. The highest BCUT2D eigenvalue weighted by molar-refractivity contribution is 5.28. The van der Waals surface area contributed by atoms with Gasteiger partial charge in [0.05, 0.1) is 0 Å². The monoisotopic (exact) mass is 428 g/mol. The first-order chi connectivity index (χ1) is 15.4. The van der Waals surface area contributed by atoms with Crippen LogP contribution in [0.1, 0.15) is 80.8 Å². The second-order valence-corrected chi connectivity index (χ2v) is 10.8. The van der Waals surface area contributed by atoms with Gasteiger partial charge < -0.3 is 4.57 Å². The molecule has 0 spiro atoms. The van der Waals surface area contributed by atoms with E-state index in [1.807, 2.05) is 0 Å². The molecular weight excluding hydrogens is 388 g/mol. The molecule has 2 heteroatoms. The van der Waals surface area contributed by atoms with Gasteiger partial charge in [0.1, 0.15) is 0 Å². The highest BCUT2D eigenvalue weighted by Gasteiger charge is 2.23. The first-order valence-corrected chi connectivity index (χ1v) is 12.4. The van der Waals surface area contributed by atoms with E-state index >= 15 is 0 Å². The maximum Gasteiger partial charge on any atom is 0.0473 e. The van der Waals surface area contributed by atoms with Crippen molar-refractivity contribution in [3.63, 3.8) is 0 Å². The number of nitrogens with zero attached hydrogens (tertiary/aromatic N) is 2. The van der Waals surface area contributed by atoms with Gasteiger partial charge in [-0.2, -0.15) is 0 Å². The zero-order valence-corrected chi connectivity index (χ0v) is 20.5. The van der Waals surface area contributed by atoms with Gasteiger partial charge in [-0.25, -0.2) is 0 Å². The Hall–Kier alpha value is -2.32. The number of aromatic nitrogens is 1. The van der Waals surface area contributed by atoms with Crippen molar-refractivity contribution in [3.8, 4) is 0 Å². The van der Waals surface area contributed by atoms with Crippen LogP contribution in [0.15, 0.2) is 66.9 Å². The molecule has 0 radical (unpaired) electrons. The molecule has 0 amide bonds. The summed E-state index contributed by atoms with van der Waals surface area (Å²) in [6, 6.07) is 23.5. The van der Waals surface area contributed by atoms with Crippen molar-refractivity contribution in [1.29, 1.82) is 0 Å². The van der Waals surface area contributed by atoms with Crippen LogP contribution in [0.5, 0.6) is 0 Å². The average Bonchev–Trinajstić information content (AvgIpc) is 3.20. The van der Waals surface area contributed by atoms with Gasteiger partial charge in [-0.15, -0.1) is 0 Å². The van der Waals surface area contributed by atoms with E-state index in [9.17, 15) is 0 Å². The number of aryl methyl sites for hydroxylation is 1. The van der Waals surface area contributed by atoms with Crippen LogP contribution < -0.4 is 0 Å². The summed E-state index contributed by atoms with van der Waals surface area (Å²) in [4.78, 5) is 2.74. The minimum absolute atomic E-state index is 0.207. The minimum Gasteiger partial charge on any atom is -0.346 e. The first-order valence-electron chi connectivity index (χ1n) is 12.4. The summed E-state index contributed by atoms with van der Waals surface area (Å²) in [7, 11) is 0. The molecule has 0 atom stereocenters. The lowest BCUT2D eigenvalue weighted by Gasteiger charge is -2.35. The van der Waals surface area contributed by atoms with Crippen LogP contribution in [0.4, 0.5) is 0 Å². The number of hydrogen-bond acceptors (Lipinski definition) is 1. The highest BCUT2D eigenvalue weighted by Crippen LogP contribution is 2.27. The summed E-state index contributed by atoms with van der Waals surface area (Å²) in [6.07, 6.45) is 9.05. The fraction of sp³-hybridized carbons (Fsp3) is 0.467. The van der Waals surface area contributed by atoms with E-state index in [4.69, 9.17) is 0 Å². The number of benzene rings is 2. The molecule has 1 aromatic heterocycles. The molecule has 170 valence electrons. The van der Waals surface area contributed by atoms with Gasteiger partial charge in [-0.1, -0.05) is 94.1 Å². The van der Waals surface area contributed by atoms with Crippen LogP contribution in [-0.4, -0.2) is 15.5 Å². The van der Waals surface area contributed by atoms with Gasteiger partial charge in [0, 0.05) is 37.6 Å². The molecule has 3 aromatic rings. The Kier molecular flexibility index (Phi) is 7.20. The van der Waals surface area contributed by atoms with Gasteiger partial charge >= 0.3 is 0 Å². The lowest BCUT2D eigenvalue weighted by Crippen LogP contribution is -2.36. The summed E-state index contributed by atoms with van der Waals surface area (Å²) in [5.74, 6) is 0. The van der Waals surface area contributed by atoms with Crippen molar-refractivity contribution in [2.45, 2.75) is 90.9 Å². The Bertz CT molecular complexity index is 984. The quantitative estimate of drug-likeness (QED) is 0.379. The molecule has 1 aliphatic carbocycles. The molecule has 1 fully saturated rings. The third-order valence-corrected chi connectivity index (χ3v) is 7.02. The summed E-state index contributed by atoms with van der Waals surface area (Å²) in [5, 5.41) is 0. The van der Waals surface area contributed by atoms with Gasteiger partial charge in [0.2, 0.25) is 0 Å². The van der Waals surface area contributed by atoms with Gasteiger partial charge in [-0.05, 0) is 54.0 Å². The molecule has 1 aliphatic rings. The Morgan fingerprint density at radius 2 is 1.59 bits per heavy atom. The van der Waals surface area contributed by atoms with E-state index in [0.29, 0.717) is 6.04 Å². The SMILES string of the molecule is Cc1cccc(Cn2cccc2CN(Cc2ccc(C(C)(C)C)cc2)C2CCCCC2)c1. The molecule has 4 rings (SSSR count). The van der Waals surface area contributed by atoms with Gasteiger partial charge in [-0.3, -0.25) is 4.90 Å². The van der Waals surface area contributed by atoms with Crippen molar-refractivity contribution in [2.24, 2.45) is 0 Å². The van der Waals surface area contributed by atoms with E-state index < -0.39 is 0 Å². The van der Waals surface area contributed by atoms with Crippen molar-refractivity contribution >= 4 is 0 Å². The first kappa shape index (κ1) is 22.9. The molecule has 0 bridgehead atoms. The zero-order valence-electron chi connectivity index (χ0n) is 20.5. The van der Waals surface area contributed by atoms with Crippen LogP contribution in [0.2, 0.25) is 0 Å². The Morgan fingerprint density at radius 3 is 2.28 bits per heavy atom. The normalized spacial score (nSPS) is 15.4. The predicted octanol–water partition coefficient (Wildman–Crippen LogP) is 7.48. The topological polar surface area (TPSA) is 8.17 Å². The van der Waals surface area contributed by atoms with Crippen molar-refractivity contribution in [1.82, 2.24) is 9.47 Å². The second kappa shape index (κ2) is 10.1. The predicted molar refractivity (Wildman–Crippen MR) is 136 cm³/mol. The van der Waals surface area contributed by atoms with Crippen LogP contribution in [0.25, 0.3) is 0 Å². The molecule has 1 saturated carbocycles. The van der Waals surface area contributed by atoms with Crippen LogP contribution in [0, 0.1) is 6.92 Å². The molecule has 1 heterocycles. The fourth-order valence-electron chi connectivity index (χ4n) is 5.07. The average molecular weight is 429 g/mol. The minimum atomic E-state index is 0.207. The van der Waals surface area contributed by atoms with Crippen LogP contribution in [-0.2, 0) is 25.0 Å². The van der Waals surface area contributed by atoms with Crippen LogP contribution in [0.3, 0.4) is 0 Å². The van der Waals surface area contributed by atoms with Crippen molar-refractivity contribution < 1.29 is 0 Å². The lowest BCUT2D eigenvalue weighted by molar-refractivity contribution is 0.137.